The van der Waals surface area contributed by atoms with Gasteiger partial charge in [0.15, 0.2) is 0 Å². The Kier molecular flexibility index (Phi) is 12.1. The number of unbranched alkanes of at least 4 members (excludes halogenated alkanes) is 1. The number of benzene rings is 2. The van der Waals surface area contributed by atoms with Gasteiger partial charge in [0.05, 0.1) is 38.1 Å². The van der Waals surface area contributed by atoms with E-state index in [-0.39, 0.29) is 18.3 Å². The van der Waals surface area contributed by atoms with Crippen LogP contribution in [0.25, 0.3) is 0 Å². The molecule has 0 aromatic heterocycles. The SMILES string of the molecule is C=C(CCCC)C(O)/C(C)=C/C=C/[C@H](OCc1ccccc1)[C@H]1CC[C@H](COCc2ccccc2)O1. The van der Waals surface area contributed by atoms with Crippen LogP contribution in [-0.2, 0) is 27.4 Å². The number of hydrogen-bond donors (Lipinski definition) is 1. The van der Waals surface area contributed by atoms with Crippen molar-refractivity contribution < 1.29 is 19.3 Å². The lowest BCUT2D eigenvalue weighted by atomic mass is 9.99. The number of hydrogen-bond acceptors (Lipinski definition) is 4. The first kappa shape index (κ1) is 28.1. The number of allylic oxidation sites excluding steroid dienone is 2. The van der Waals surface area contributed by atoms with Crippen LogP contribution in [0, 0.1) is 0 Å². The molecule has 1 N–H and O–H groups in total. The molecule has 4 heteroatoms. The second-order valence-electron chi connectivity index (χ2n) is 9.60. The quantitative estimate of drug-likeness (QED) is 0.217. The summed E-state index contributed by atoms with van der Waals surface area (Å²) in [5, 5.41) is 10.6. The van der Waals surface area contributed by atoms with E-state index >= 15 is 0 Å². The van der Waals surface area contributed by atoms with Crippen molar-refractivity contribution in [3.63, 3.8) is 0 Å². The molecular weight excluding hydrogens is 448 g/mol. The first-order valence-electron chi connectivity index (χ1n) is 13.2. The minimum Gasteiger partial charge on any atom is -0.384 e. The number of rotatable bonds is 15. The molecule has 0 amide bonds. The lowest BCUT2D eigenvalue weighted by molar-refractivity contribution is -0.0746. The van der Waals surface area contributed by atoms with Crippen LogP contribution in [0.5, 0.6) is 0 Å². The first-order valence-corrected chi connectivity index (χ1v) is 13.2. The lowest BCUT2D eigenvalue weighted by Crippen LogP contribution is -2.28. The Morgan fingerprint density at radius 1 is 1.06 bits per heavy atom. The summed E-state index contributed by atoms with van der Waals surface area (Å²) >= 11 is 0. The van der Waals surface area contributed by atoms with Crippen LogP contribution in [0.15, 0.2) is 96.6 Å². The highest BCUT2D eigenvalue weighted by atomic mass is 16.6. The van der Waals surface area contributed by atoms with E-state index in [1.165, 1.54) is 5.56 Å². The van der Waals surface area contributed by atoms with Gasteiger partial charge in [-0.3, -0.25) is 0 Å². The molecule has 0 radical (unpaired) electrons. The van der Waals surface area contributed by atoms with E-state index in [9.17, 15) is 5.11 Å². The Morgan fingerprint density at radius 2 is 1.72 bits per heavy atom. The standard InChI is InChI=1S/C32H42O4/c1-4-5-13-25(2)32(33)26(3)14-12-19-30(35-23-28-17-10-7-11-18-28)31-21-20-29(36-31)24-34-22-27-15-8-6-9-16-27/h6-12,14-19,29-33H,2,4-5,13,20-24H2,1,3H3/b19-12+,26-14+/t29-,30+,31-,32?/m1/s1. The van der Waals surface area contributed by atoms with Gasteiger partial charge in [-0.2, -0.15) is 0 Å². The third-order valence-electron chi connectivity index (χ3n) is 6.54. The molecule has 0 saturated carbocycles. The van der Waals surface area contributed by atoms with E-state index < -0.39 is 6.10 Å². The highest BCUT2D eigenvalue weighted by Crippen LogP contribution is 2.26. The Hall–Kier alpha value is -2.50. The molecule has 0 bridgehead atoms. The van der Waals surface area contributed by atoms with Crippen molar-refractivity contribution in [2.45, 2.75) is 83.6 Å². The van der Waals surface area contributed by atoms with Crippen molar-refractivity contribution in [2.24, 2.45) is 0 Å². The van der Waals surface area contributed by atoms with Gasteiger partial charge in [-0.05, 0) is 54.9 Å². The molecule has 1 fully saturated rings. The van der Waals surface area contributed by atoms with Gasteiger partial charge >= 0.3 is 0 Å². The maximum atomic E-state index is 10.6. The van der Waals surface area contributed by atoms with Crippen molar-refractivity contribution in [3.8, 4) is 0 Å². The largest absolute Gasteiger partial charge is 0.384 e. The van der Waals surface area contributed by atoms with Crippen LogP contribution in [0.1, 0.15) is 57.1 Å². The zero-order chi connectivity index (χ0) is 25.6. The molecule has 1 aliphatic rings. The van der Waals surface area contributed by atoms with Gasteiger partial charge in [0, 0.05) is 0 Å². The molecule has 4 atom stereocenters. The van der Waals surface area contributed by atoms with Crippen molar-refractivity contribution in [2.75, 3.05) is 6.61 Å². The average molecular weight is 491 g/mol. The van der Waals surface area contributed by atoms with Crippen LogP contribution < -0.4 is 0 Å². The number of aliphatic hydroxyl groups is 1. The minimum absolute atomic E-state index is 0.0339. The van der Waals surface area contributed by atoms with Crippen molar-refractivity contribution in [1.82, 2.24) is 0 Å². The molecule has 1 saturated heterocycles. The summed E-state index contributed by atoms with van der Waals surface area (Å²) < 4.78 is 18.6. The smallest absolute Gasteiger partial charge is 0.102 e. The summed E-state index contributed by atoms with van der Waals surface area (Å²) in [4.78, 5) is 0. The Morgan fingerprint density at radius 3 is 2.39 bits per heavy atom. The maximum Gasteiger partial charge on any atom is 0.102 e. The number of aliphatic hydroxyl groups excluding tert-OH is 1. The lowest BCUT2D eigenvalue weighted by Gasteiger charge is -2.22. The molecule has 4 nitrogen and oxygen atoms in total. The molecular formula is C32H42O4. The molecule has 0 aliphatic carbocycles. The summed E-state index contributed by atoms with van der Waals surface area (Å²) in [6, 6.07) is 20.4. The van der Waals surface area contributed by atoms with Gasteiger partial charge in [0.25, 0.3) is 0 Å². The zero-order valence-electron chi connectivity index (χ0n) is 21.9. The summed E-state index contributed by atoms with van der Waals surface area (Å²) in [5.74, 6) is 0. The van der Waals surface area contributed by atoms with Gasteiger partial charge in [-0.25, -0.2) is 0 Å². The van der Waals surface area contributed by atoms with Crippen LogP contribution in [-0.4, -0.2) is 36.1 Å². The maximum absolute atomic E-state index is 10.6. The Bertz CT molecular complexity index is 951. The van der Waals surface area contributed by atoms with E-state index in [0.717, 1.165) is 48.8 Å². The molecule has 194 valence electrons. The first-order chi connectivity index (χ1) is 17.6. The molecule has 0 spiro atoms. The molecule has 2 aromatic carbocycles. The van der Waals surface area contributed by atoms with Crippen LogP contribution in [0.2, 0.25) is 0 Å². The summed E-state index contributed by atoms with van der Waals surface area (Å²) in [7, 11) is 0. The van der Waals surface area contributed by atoms with E-state index in [0.29, 0.717) is 19.8 Å². The van der Waals surface area contributed by atoms with Crippen LogP contribution in [0.3, 0.4) is 0 Å². The van der Waals surface area contributed by atoms with E-state index in [1.54, 1.807) is 0 Å². The van der Waals surface area contributed by atoms with Crippen molar-refractivity contribution in [1.29, 1.82) is 0 Å². The van der Waals surface area contributed by atoms with E-state index in [1.807, 2.05) is 61.5 Å². The van der Waals surface area contributed by atoms with Crippen molar-refractivity contribution in [3.05, 3.63) is 108 Å². The summed E-state index contributed by atoms with van der Waals surface area (Å²) in [6.07, 6.45) is 10.1. The summed E-state index contributed by atoms with van der Waals surface area (Å²) in [6.45, 7) is 9.84. The fourth-order valence-electron chi connectivity index (χ4n) is 4.30. The highest BCUT2D eigenvalue weighted by Gasteiger charge is 2.31. The second-order valence-corrected chi connectivity index (χ2v) is 9.60. The average Bonchev–Trinajstić information content (AvgIpc) is 3.38. The van der Waals surface area contributed by atoms with Gasteiger partial charge in [-0.1, -0.05) is 98.8 Å². The third kappa shape index (κ3) is 9.51. The summed E-state index contributed by atoms with van der Waals surface area (Å²) in [5.41, 5.74) is 4.05. The molecule has 2 aromatic rings. The monoisotopic (exact) mass is 490 g/mol. The predicted molar refractivity (Wildman–Crippen MR) is 147 cm³/mol. The zero-order valence-corrected chi connectivity index (χ0v) is 21.9. The minimum atomic E-state index is -0.612. The van der Waals surface area contributed by atoms with Gasteiger partial charge in [0.1, 0.15) is 6.10 Å². The van der Waals surface area contributed by atoms with E-state index in [2.05, 4.69) is 37.8 Å². The van der Waals surface area contributed by atoms with Crippen LogP contribution in [0.4, 0.5) is 0 Å². The van der Waals surface area contributed by atoms with Gasteiger partial charge in [-0.15, -0.1) is 0 Å². The van der Waals surface area contributed by atoms with Crippen molar-refractivity contribution >= 4 is 0 Å². The molecule has 1 aliphatic heterocycles. The molecule has 1 unspecified atom stereocenters. The topological polar surface area (TPSA) is 47.9 Å². The fourth-order valence-corrected chi connectivity index (χ4v) is 4.30. The molecule has 36 heavy (non-hydrogen) atoms. The predicted octanol–water partition coefficient (Wildman–Crippen LogP) is 6.95. The normalized spacial score (nSPS) is 20.0. The second kappa shape index (κ2) is 15.6. The Labute approximate surface area is 217 Å². The van der Waals surface area contributed by atoms with E-state index in [4.69, 9.17) is 14.2 Å². The highest BCUT2D eigenvalue weighted by molar-refractivity contribution is 5.24. The van der Waals surface area contributed by atoms with Crippen LogP contribution >= 0.6 is 0 Å². The fraction of sp³-hybridized carbons (Fsp3) is 0.438. The van der Waals surface area contributed by atoms with Gasteiger partial charge < -0.3 is 19.3 Å². The van der Waals surface area contributed by atoms with Gasteiger partial charge in [0.2, 0.25) is 0 Å². The molecule has 3 rings (SSSR count). The third-order valence-corrected chi connectivity index (χ3v) is 6.54. The number of ether oxygens (including phenoxy) is 3. The Balaban J connectivity index is 1.57. The molecule has 1 heterocycles.